The molecule has 3 atom stereocenters. The van der Waals surface area contributed by atoms with E-state index in [-0.39, 0.29) is 50.0 Å². The van der Waals surface area contributed by atoms with Crippen molar-refractivity contribution in [2.45, 2.75) is 52.2 Å². The third-order valence-electron chi connectivity index (χ3n) is 4.59. The summed E-state index contributed by atoms with van der Waals surface area (Å²) in [5, 5.41) is 15.9. The standard InChI is InChI=1S/C19H32N3O10PS/c1-12(18(28)30-4)22-33(29)31-11-19(2,3)16(32-33)17(27)21-8-7-13(23)20-9-10-34-15(26)6-5-14(24)25/h12,16H,5-11H2,1-4H3,(H,20,23)(H,21,27)(H,22,29)(H,24,25)/t12-,16-,33?/m0/s1. The van der Waals surface area contributed by atoms with Crippen LogP contribution >= 0.6 is 19.5 Å². The number of aliphatic carboxylic acids is 1. The number of thioether (sulfide) groups is 1. The van der Waals surface area contributed by atoms with Crippen LogP contribution in [0.1, 0.15) is 40.0 Å². The lowest BCUT2D eigenvalue weighted by Crippen LogP contribution is -2.51. The number of carbonyl (C=O) groups excluding carboxylic acids is 4. The molecule has 0 aliphatic carbocycles. The molecule has 1 unspecified atom stereocenters. The molecule has 0 spiro atoms. The van der Waals surface area contributed by atoms with Crippen molar-refractivity contribution in [3.8, 4) is 0 Å². The smallest absolute Gasteiger partial charge is 0.407 e. The maximum absolute atomic E-state index is 12.9. The summed E-state index contributed by atoms with van der Waals surface area (Å²) in [6.07, 6.45) is -1.51. The Morgan fingerprint density at radius 2 is 1.82 bits per heavy atom. The molecule has 0 aromatic carbocycles. The Hall–Kier alpha value is -1.99. The third-order valence-corrected chi connectivity index (χ3v) is 7.18. The van der Waals surface area contributed by atoms with Gasteiger partial charge in [0.15, 0.2) is 11.2 Å². The SMILES string of the molecule is COC(=O)[C@H](C)NP1(=O)OCC(C)(C)[C@H](C(=O)NCCC(=O)NCCSC(=O)CCC(=O)O)O1. The van der Waals surface area contributed by atoms with Crippen LogP contribution in [0, 0.1) is 5.41 Å². The van der Waals surface area contributed by atoms with E-state index in [2.05, 4.69) is 20.5 Å². The topological polar surface area (TPSA) is 186 Å². The van der Waals surface area contributed by atoms with Crippen LogP contribution in [0.4, 0.5) is 0 Å². The van der Waals surface area contributed by atoms with E-state index in [0.29, 0.717) is 5.75 Å². The van der Waals surface area contributed by atoms with Crippen molar-refractivity contribution in [2.24, 2.45) is 5.41 Å². The molecule has 34 heavy (non-hydrogen) atoms. The molecule has 0 saturated carbocycles. The van der Waals surface area contributed by atoms with E-state index in [1.54, 1.807) is 13.8 Å². The van der Waals surface area contributed by atoms with Crippen molar-refractivity contribution in [3.05, 3.63) is 0 Å². The molecule has 0 aromatic heterocycles. The van der Waals surface area contributed by atoms with E-state index in [1.807, 2.05) is 0 Å². The lowest BCUT2D eigenvalue weighted by molar-refractivity contribution is -0.143. The van der Waals surface area contributed by atoms with Gasteiger partial charge in [0.2, 0.25) is 11.8 Å². The molecule has 1 aliphatic rings. The predicted octanol–water partition coefficient (Wildman–Crippen LogP) is 0.434. The lowest BCUT2D eigenvalue weighted by Gasteiger charge is -2.40. The van der Waals surface area contributed by atoms with Crippen LogP contribution in [-0.2, 0) is 42.3 Å². The molecule has 2 amide bonds. The van der Waals surface area contributed by atoms with Crippen LogP contribution < -0.4 is 15.7 Å². The van der Waals surface area contributed by atoms with E-state index in [0.717, 1.165) is 11.8 Å². The average molecular weight is 526 g/mol. The highest BCUT2D eigenvalue weighted by Crippen LogP contribution is 2.53. The summed E-state index contributed by atoms with van der Waals surface area (Å²) in [6.45, 7) is 4.91. The van der Waals surface area contributed by atoms with E-state index >= 15 is 0 Å². The van der Waals surface area contributed by atoms with Gasteiger partial charge in [-0.15, -0.1) is 0 Å². The van der Waals surface area contributed by atoms with Gasteiger partial charge in [-0.3, -0.25) is 33.0 Å². The fraction of sp³-hybridized carbons (Fsp3) is 0.737. The Kier molecular flexibility index (Phi) is 12.2. The molecule has 1 fully saturated rings. The van der Waals surface area contributed by atoms with Crippen molar-refractivity contribution < 1.29 is 47.4 Å². The second-order valence-electron chi connectivity index (χ2n) is 8.12. The summed E-state index contributed by atoms with van der Waals surface area (Å²) in [7, 11) is -2.79. The van der Waals surface area contributed by atoms with Gasteiger partial charge < -0.3 is 20.5 Å². The number of rotatable bonds is 13. The molecule has 4 N–H and O–H groups in total. The summed E-state index contributed by atoms with van der Waals surface area (Å²) >= 11 is 0.938. The van der Waals surface area contributed by atoms with Gasteiger partial charge in [-0.1, -0.05) is 25.6 Å². The zero-order valence-corrected chi connectivity index (χ0v) is 21.3. The molecule has 1 heterocycles. The Morgan fingerprint density at radius 3 is 2.44 bits per heavy atom. The van der Waals surface area contributed by atoms with Gasteiger partial charge in [0.25, 0.3) is 0 Å². The first kappa shape index (κ1) is 30.0. The fourth-order valence-corrected chi connectivity index (χ4v) is 5.31. The number of carboxylic acid groups (broad SMARTS) is 1. The summed E-state index contributed by atoms with van der Waals surface area (Å²) in [6, 6.07) is -0.991. The second kappa shape index (κ2) is 13.8. The van der Waals surface area contributed by atoms with Gasteiger partial charge in [0, 0.05) is 37.1 Å². The normalized spacial score (nSPS) is 22.3. The second-order valence-corrected chi connectivity index (χ2v) is 11.0. The molecule has 13 nitrogen and oxygen atoms in total. The van der Waals surface area contributed by atoms with Gasteiger partial charge in [-0.05, 0) is 6.92 Å². The zero-order chi connectivity index (χ0) is 25.9. The minimum Gasteiger partial charge on any atom is -0.481 e. The third kappa shape index (κ3) is 10.5. The number of nitrogens with one attached hydrogen (secondary N) is 3. The first-order valence-corrected chi connectivity index (χ1v) is 13.0. The number of amides is 2. The summed E-state index contributed by atoms with van der Waals surface area (Å²) in [5.41, 5.74) is -0.833. The van der Waals surface area contributed by atoms with Crippen molar-refractivity contribution >= 4 is 48.4 Å². The van der Waals surface area contributed by atoms with Gasteiger partial charge >= 0.3 is 19.7 Å². The van der Waals surface area contributed by atoms with E-state index in [4.69, 9.17) is 14.2 Å². The van der Waals surface area contributed by atoms with Crippen molar-refractivity contribution in [1.29, 1.82) is 0 Å². The number of hydrogen-bond acceptors (Lipinski definition) is 10. The zero-order valence-electron chi connectivity index (χ0n) is 19.6. The molecule has 194 valence electrons. The molecule has 0 radical (unpaired) electrons. The molecular weight excluding hydrogens is 493 g/mol. The number of carboxylic acids is 1. The van der Waals surface area contributed by atoms with E-state index in [9.17, 15) is 28.5 Å². The van der Waals surface area contributed by atoms with Crippen molar-refractivity contribution in [3.63, 3.8) is 0 Å². The molecular formula is C19H32N3O10PS. The highest BCUT2D eigenvalue weighted by Gasteiger charge is 2.48. The van der Waals surface area contributed by atoms with Crippen molar-refractivity contribution in [1.82, 2.24) is 15.7 Å². The number of hydrogen-bond donors (Lipinski definition) is 4. The van der Waals surface area contributed by atoms with Gasteiger partial charge in [-0.2, -0.15) is 0 Å². The Morgan fingerprint density at radius 1 is 1.15 bits per heavy atom. The largest absolute Gasteiger partial charge is 0.481 e. The number of carbonyl (C=O) groups is 5. The van der Waals surface area contributed by atoms with E-state index < -0.39 is 43.2 Å². The van der Waals surface area contributed by atoms with Gasteiger partial charge in [0.05, 0.1) is 20.1 Å². The van der Waals surface area contributed by atoms with Gasteiger partial charge in [-0.25, -0.2) is 9.65 Å². The maximum Gasteiger partial charge on any atom is 0.407 e. The summed E-state index contributed by atoms with van der Waals surface area (Å²) in [4.78, 5) is 58.0. The lowest BCUT2D eigenvalue weighted by atomic mass is 9.87. The molecule has 15 heteroatoms. The van der Waals surface area contributed by atoms with Crippen LogP contribution in [0.15, 0.2) is 0 Å². The Bertz CT molecular complexity index is 822. The Balaban J connectivity index is 2.43. The van der Waals surface area contributed by atoms with E-state index in [1.165, 1.54) is 14.0 Å². The predicted molar refractivity (Wildman–Crippen MR) is 122 cm³/mol. The van der Waals surface area contributed by atoms with Crippen LogP contribution in [0.5, 0.6) is 0 Å². The number of methoxy groups -OCH3 is 1. The molecule has 0 aromatic rings. The van der Waals surface area contributed by atoms with Crippen LogP contribution in [0.3, 0.4) is 0 Å². The minimum atomic E-state index is -3.97. The molecule has 1 aliphatic heterocycles. The van der Waals surface area contributed by atoms with Gasteiger partial charge in [0.1, 0.15) is 6.04 Å². The molecule has 0 bridgehead atoms. The van der Waals surface area contributed by atoms with Crippen LogP contribution in [0.25, 0.3) is 0 Å². The fourth-order valence-electron chi connectivity index (χ4n) is 2.69. The van der Waals surface area contributed by atoms with Crippen molar-refractivity contribution in [2.75, 3.05) is 32.6 Å². The summed E-state index contributed by atoms with van der Waals surface area (Å²) in [5.74, 6) is -2.37. The monoisotopic (exact) mass is 525 g/mol. The van der Waals surface area contributed by atoms with Crippen LogP contribution in [0.2, 0.25) is 0 Å². The minimum absolute atomic E-state index is 0.0115. The average Bonchev–Trinajstić information content (AvgIpc) is 2.76. The summed E-state index contributed by atoms with van der Waals surface area (Å²) < 4.78 is 28.1. The quantitative estimate of drug-likeness (QED) is 0.148. The maximum atomic E-state index is 12.9. The first-order chi connectivity index (χ1) is 15.8. The number of esters is 1. The molecule has 1 saturated heterocycles. The first-order valence-electron chi connectivity index (χ1n) is 10.5. The molecule has 1 rings (SSSR count). The highest BCUT2D eigenvalue weighted by atomic mass is 32.2. The highest BCUT2D eigenvalue weighted by molar-refractivity contribution is 8.13. The van der Waals surface area contributed by atoms with Crippen LogP contribution in [-0.4, -0.2) is 78.7 Å². The Labute approximate surface area is 202 Å². The number of ether oxygens (including phenoxy) is 1.